The van der Waals surface area contributed by atoms with E-state index in [0.29, 0.717) is 0 Å². The molecule has 0 radical (unpaired) electrons. The molecule has 1 spiro atoms. The number of benzene rings is 10. The van der Waals surface area contributed by atoms with Crippen LogP contribution in [0, 0.1) is 0 Å². The molecule has 0 saturated heterocycles. The summed E-state index contributed by atoms with van der Waals surface area (Å²) < 4.78 is 0. The highest BCUT2D eigenvalue weighted by Gasteiger charge is 2.52. The van der Waals surface area contributed by atoms with E-state index in [-0.39, 0.29) is 0 Å². The molecule has 10 aromatic rings. The van der Waals surface area contributed by atoms with E-state index in [2.05, 4.69) is 265 Å². The molecule has 2 aliphatic carbocycles. The molecule has 2 aliphatic rings. The standard InChI is InChI=1S/C61H42N2/c1-5-19-45(20-6-1)62(46-21-7-2-8-22-46)49-39-35-43(36-40-49)51-29-17-33-57-59(51)53-27-13-15-31-55(53)61(57)56-32-16-14-28-54(56)60-52(30-18-34-58(60)61)44-37-41-50(42-38-44)63(47-23-9-3-10-24-47)48-25-11-4-12-26-48/h1-42H. The first kappa shape index (κ1) is 36.6. The Labute approximate surface area is 369 Å². The largest absolute Gasteiger partial charge is 0.311 e. The second-order valence-corrected chi connectivity index (χ2v) is 16.4. The Balaban J connectivity index is 0.995. The van der Waals surface area contributed by atoms with Gasteiger partial charge in [0.2, 0.25) is 0 Å². The molecule has 0 bridgehead atoms. The van der Waals surface area contributed by atoms with Crippen LogP contribution in [0.4, 0.5) is 34.1 Å². The summed E-state index contributed by atoms with van der Waals surface area (Å²) >= 11 is 0. The molecule has 0 aliphatic heterocycles. The molecule has 0 N–H and O–H groups in total. The number of nitrogens with zero attached hydrogens (tertiary/aromatic N) is 2. The first-order valence-corrected chi connectivity index (χ1v) is 21.8. The monoisotopic (exact) mass is 802 g/mol. The molecule has 0 aromatic heterocycles. The van der Waals surface area contributed by atoms with Gasteiger partial charge < -0.3 is 9.80 Å². The molecular formula is C61H42N2. The van der Waals surface area contributed by atoms with Gasteiger partial charge in [0.15, 0.2) is 0 Å². The van der Waals surface area contributed by atoms with Gasteiger partial charge in [-0.05, 0) is 140 Å². The molecule has 0 unspecified atom stereocenters. The van der Waals surface area contributed by atoms with E-state index in [1.165, 1.54) is 66.8 Å². The van der Waals surface area contributed by atoms with Crippen LogP contribution in [0.15, 0.2) is 255 Å². The van der Waals surface area contributed by atoms with Gasteiger partial charge in [-0.3, -0.25) is 0 Å². The third kappa shape index (κ3) is 5.80. The van der Waals surface area contributed by atoms with Crippen molar-refractivity contribution in [3.05, 3.63) is 277 Å². The second kappa shape index (κ2) is 15.1. The minimum Gasteiger partial charge on any atom is -0.311 e. The highest BCUT2D eigenvalue weighted by atomic mass is 15.1. The van der Waals surface area contributed by atoms with Crippen molar-refractivity contribution in [3.63, 3.8) is 0 Å². The number of rotatable bonds is 8. The summed E-state index contributed by atoms with van der Waals surface area (Å²) in [7, 11) is 0. The topological polar surface area (TPSA) is 6.48 Å². The van der Waals surface area contributed by atoms with Crippen molar-refractivity contribution in [1.82, 2.24) is 0 Å². The Kier molecular flexibility index (Phi) is 8.76. The highest BCUT2D eigenvalue weighted by Crippen LogP contribution is 2.65. The first-order chi connectivity index (χ1) is 31.3. The minimum absolute atomic E-state index is 0.474. The summed E-state index contributed by atoms with van der Waals surface area (Å²) in [4.78, 5) is 4.65. The van der Waals surface area contributed by atoms with Crippen LogP contribution in [-0.2, 0) is 5.41 Å². The van der Waals surface area contributed by atoms with Gasteiger partial charge in [-0.2, -0.15) is 0 Å². The van der Waals surface area contributed by atoms with E-state index in [1.807, 2.05) is 0 Å². The van der Waals surface area contributed by atoms with Crippen LogP contribution in [0.25, 0.3) is 44.5 Å². The Hall–Kier alpha value is -8.20. The van der Waals surface area contributed by atoms with E-state index in [4.69, 9.17) is 0 Å². The van der Waals surface area contributed by atoms with E-state index in [9.17, 15) is 0 Å². The zero-order chi connectivity index (χ0) is 41.7. The smallest absolute Gasteiger partial charge is 0.0725 e. The fraction of sp³-hybridized carbons (Fsp3) is 0.0164. The predicted octanol–water partition coefficient (Wildman–Crippen LogP) is 16.3. The summed E-state index contributed by atoms with van der Waals surface area (Å²) in [5, 5.41) is 0. The zero-order valence-electron chi connectivity index (χ0n) is 34.6. The number of hydrogen-bond donors (Lipinski definition) is 0. The van der Waals surface area contributed by atoms with Crippen LogP contribution >= 0.6 is 0 Å². The number of anilines is 6. The summed E-state index contributed by atoms with van der Waals surface area (Å²) in [5.74, 6) is 0. The fourth-order valence-corrected chi connectivity index (χ4v) is 10.5. The number of fused-ring (bicyclic) bond motifs is 10. The predicted molar refractivity (Wildman–Crippen MR) is 263 cm³/mol. The van der Waals surface area contributed by atoms with Crippen molar-refractivity contribution in [2.24, 2.45) is 0 Å². The lowest BCUT2D eigenvalue weighted by atomic mass is 9.70. The van der Waals surface area contributed by atoms with Gasteiger partial charge in [0, 0.05) is 34.1 Å². The van der Waals surface area contributed by atoms with Crippen LogP contribution < -0.4 is 9.80 Å². The molecule has 2 heteroatoms. The normalized spacial score (nSPS) is 12.6. The average molecular weight is 803 g/mol. The maximum atomic E-state index is 2.38. The Morgan fingerprint density at radius 3 is 0.825 bits per heavy atom. The SMILES string of the molecule is c1ccc(N(c2ccccc2)c2ccc(-c3cccc4c3-c3ccccc3C43c4ccccc4-c4c(-c5ccc(N(c6ccccc6)c6ccccc6)cc5)cccc43)cc2)cc1. The molecule has 10 aromatic carbocycles. The molecule has 0 atom stereocenters. The molecule has 0 fully saturated rings. The van der Waals surface area contributed by atoms with Gasteiger partial charge in [0.25, 0.3) is 0 Å². The van der Waals surface area contributed by atoms with E-state index in [1.54, 1.807) is 0 Å². The molecule has 0 amide bonds. The highest BCUT2D eigenvalue weighted by molar-refractivity contribution is 6.03. The van der Waals surface area contributed by atoms with Crippen LogP contribution in [0.3, 0.4) is 0 Å². The third-order valence-electron chi connectivity index (χ3n) is 13.1. The van der Waals surface area contributed by atoms with Gasteiger partial charge in [-0.15, -0.1) is 0 Å². The molecule has 63 heavy (non-hydrogen) atoms. The van der Waals surface area contributed by atoms with Crippen LogP contribution in [0.1, 0.15) is 22.3 Å². The number of para-hydroxylation sites is 4. The maximum absolute atomic E-state index is 2.38. The molecule has 12 rings (SSSR count). The zero-order valence-corrected chi connectivity index (χ0v) is 34.6. The molecule has 2 nitrogen and oxygen atoms in total. The summed E-state index contributed by atoms with van der Waals surface area (Å²) in [6.07, 6.45) is 0. The lowest BCUT2D eigenvalue weighted by Crippen LogP contribution is -2.25. The number of hydrogen-bond acceptors (Lipinski definition) is 2. The van der Waals surface area contributed by atoms with Gasteiger partial charge >= 0.3 is 0 Å². The Morgan fingerprint density at radius 2 is 0.476 bits per heavy atom. The van der Waals surface area contributed by atoms with Crippen molar-refractivity contribution in [3.8, 4) is 44.5 Å². The molecule has 296 valence electrons. The van der Waals surface area contributed by atoms with Crippen molar-refractivity contribution < 1.29 is 0 Å². The lowest BCUT2D eigenvalue weighted by molar-refractivity contribution is 0.794. The van der Waals surface area contributed by atoms with Crippen LogP contribution in [-0.4, -0.2) is 0 Å². The molecule has 0 heterocycles. The van der Waals surface area contributed by atoms with E-state index in [0.717, 1.165) is 34.1 Å². The van der Waals surface area contributed by atoms with Crippen molar-refractivity contribution in [1.29, 1.82) is 0 Å². The van der Waals surface area contributed by atoms with Crippen molar-refractivity contribution >= 4 is 34.1 Å². The van der Waals surface area contributed by atoms with Gasteiger partial charge in [-0.1, -0.05) is 182 Å². The summed E-state index contributed by atoms with van der Waals surface area (Å²) in [6.45, 7) is 0. The minimum atomic E-state index is -0.474. The molecular weight excluding hydrogens is 761 g/mol. The fourth-order valence-electron chi connectivity index (χ4n) is 10.5. The van der Waals surface area contributed by atoms with Gasteiger partial charge in [-0.25, -0.2) is 0 Å². The first-order valence-electron chi connectivity index (χ1n) is 21.8. The lowest BCUT2D eigenvalue weighted by Gasteiger charge is -2.30. The van der Waals surface area contributed by atoms with Gasteiger partial charge in [0.05, 0.1) is 5.41 Å². The van der Waals surface area contributed by atoms with Crippen molar-refractivity contribution in [2.45, 2.75) is 5.41 Å². The average Bonchev–Trinajstić information content (AvgIpc) is 3.84. The van der Waals surface area contributed by atoms with E-state index >= 15 is 0 Å². The molecule has 0 saturated carbocycles. The Morgan fingerprint density at radius 1 is 0.206 bits per heavy atom. The van der Waals surface area contributed by atoms with Gasteiger partial charge in [0.1, 0.15) is 0 Å². The summed E-state index contributed by atoms with van der Waals surface area (Å²) in [6, 6.07) is 92.9. The van der Waals surface area contributed by atoms with E-state index < -0.39 is 5.41 Å². The Bertz CT molecular complexity index is 2950. The maximum Gasteiger partial charge on any atom is 0.0725 e. The quantitative estimate of drug-likeness (QED) is 0.151. The third-order valence-corrected chi connectivity index (χ3v) is 13.1. The van der Waals surface area contributed by atoms with Crippen LogP contribution in [0.5, 0.6) is 0 Å². The van der Waals surface area contributed by atoms with Crippen LogP contribution in [0.2, 0.25) is 0 Å². The second-order valence-electron chi connectivity index (χ2n) is 16.4. The summed E-state index contributed by atoms with van der Waals surface area (Å²) in [5.41, 5.74) is 21.7. The van der Waals surface area contributed by atoms with Crippen molar-refractivity contribution in [2.75, 3.05) is 9.80 Å².